The van der Waals surface area contributed by atoms with Crippen molar-refractivity contribution in [3.63, 3.8) is 0 Å². The number of halogens is 5. The van der Waals surface area contributed by atoms with Gasteiger partial charge < -0.3 is 20.9 Å². The molecular weight excluding hydrogens is 561 g/mol. The molecule has 6 rings (SSSR count). The van der Waals surface area contributed by atoms with Crippen molar-refractivity contribution < 1.29 is 36.3 Å². The molecule has 1 aromatic heterocycles. The van der Waals surface area contributed by atoms with Crippen LogP contribution in [0.4, 0.5) is 33.5 Å². The van der Waals surface area contributed by atoms with Crippen molar-refractivity contribution in [2.75, 3.05) is 23.7 Å². The molecule has 1 aliphatic carbocycles. The van der Waals surface area contributed by atoms with Crippen LogP contribution in [0.15, 0.2) is 54.7 Å². The Morgan fingerprint density at radius 3 is 2.52 bits per heavy atom. The maximum Gasteiger partial charge on any atom is 0.391 e. The molecule has 1 spiro atoms. The third-order valence-electron chi connectivity index (χ3n) is 8.00. The fraction of sp³-hybridized carbons (Fsp3) is 0.310. The maximum atomic E-state index is 14.0. The average molecular weight is 586 g/mol. The zero-order valence-electron chi connectivity index (χ0n) is 21.9. The molecule has 3 atom stereocenters. The van der Waals surface area contributed by atoms with Crippen LogP contribution in [0.2, 0.25) is 0 Å². The highest BCUT2D eigenvalue weighted by Gasteiger charge is 2.51. The van der Waals surface area contributed by atoms with Gasteiger partial charge in [-0.2, -0.15) is 13.2 Å². The van der Waals surface area contributed by atoms with Gasteiger partial charge in [-0.3, -0.25) is 14.4 Å². The van der Waals surface area contributed by atoms with Crippen LogP contribution < -0.4 is 16.0 Å². The van der Waals surface area contributed by atoms with Crippen LogP contribution in [-0.4, -0.2) is 52.9 Å². The Balaban J connectivity index is 1.22. The average Bonchev–Trinajstić information content (AvgIpc) is 3.42. The van der Waals surface area contributed by atoms with Gasteiger partial charge >= 0.3 is 6.18 Å². The number of nitrogens with zero attached hydrogens (tertiary/aromatic N) is 2. The number of benzene rings is 2. The van der Waals surface area contributed by atoms with Gasteiger partial charge in [-0.1, -0.05) is 12.1 Å². The topological polar surface area (TPSA) is 103 Å². The first-order valence-corrected chi connectivity index (χ1v) is 13.2. The van der Waals surface area contributed by atoms with Crippen molar-refractivity contribution in [2.24, 2.45) is 0 Å². The third kappa shape index (κ3) is 5.08. The molecule has 1 fully saturated rings. The molecule has 3 unspecified atom stereocenters. The van der Waals surface area contributed by atoms with E-state index >= 15 is 0 Å². The van der Waals surface area contributed by atoms with Gasteiger partial charge in [-0.05, 0) is 59.9 Å². The third-order valence-corrected chi connectivity index (χ3v) is 8.00. The summed E-state index contributed by atoms with van der Waals surface area (Å²) < 4.78 is 67.3. The van der Waals surface area contributed by atoms with E-state index in [0.717, 1.165) is 33.7 Å². The lowest BCUT2D eigenvalue weighted by molar-refractivity contribution is -0.160. The molecule has 3 N–H and O–H groups in total. The van der Waals surface area contributed by atoms with Crippen LogP contribution in [0.1, 0.15) is 34.7 Å². The van der Waals surface area contributed by atoms with Crippen molar-refractivity contribution in [2.45, 2.75) is 42.9 Å². The van der Waals surface area contributed by atoms with Gasteiger partial charge in [0.05, 0.1) is 23.9 Å². The van der Waals surface area contributed by atoms with Crippen LogP contribution in [-0.2, 0) is 32.6 Å². The summed E-state index contributed by atoms with van der Waals surface area (Å²) in [7, 11) is 0. The first-order valence-electron chi connectivity index (χ1n) is 13.2. The van der Waals surface area contributed by atoms with Gasteiger partial charge in [-0.15, -0.1) is 0 Å². The molecule has 8 nitrogen and oxygen atoms in total. The van der Waals surface area contributed by atoms with Crippen molar-refractivity contribution in [1.82, 2.24) is 15.2 Å². The molecular formula is C29H24F5N5O3. The molecule has 3 aliphatic rings. The van der Waals surface area contributed by atoms with E-state index in [1.807, 2.05) is 6.07 Å². The fourth-order valence-electron chi connectivity index (χ4n) is 6.15. The van der Waals surface area contributed by atoms with E-state index in [1.165, 1.54) is 0 Å². The highest BCUT2D eigenvalue weighted by molar-refractivity contribution is 6.06. The lowest BCUT2D eigenvalue weighted by Crippen LogP contribution is -2.58. The Kier molecular flexibility index (Phi) is 6.71. The van der Waals surface area contributed by atoms with E-state index < -0.39 is 60.1 Å². The Labute approximate surface area is 236 Å². The van der Waals surface area contributed by atoms with Crippen LogP contribution in [0.25, 0.3) is 0 Å². The van der Waals surface area contributed by atoms with E-state index in [9.17, 15) is 36.3 Å². The maximum absolute atomic E-state index is 14.0. The summed E-state index contributed by atoms with van der Waals surface area (Å²) >= 11 is 0. The Morgan fingerprint density at radius 1 is 1.05 bits per heavy atom. The molecule has 2 aliphatic heterocycles. The van der Waals surface area contributed by atoms with Crippen molar-refractivity contribution in [3.05, 3.63) is 88.6 Å². The van der Waals surface area contributed by atoms with Crippen molar-refractivity contribution >= 4 is 29.2 Å². The summed E-state index contributed by atoms with van der Waals surface area (Å²) in [6, 6.07) is 8.59. The quantitative estimate of drug-likeness (QED) is 0.396. The lowest BCUT2D eigenvalue weighted by Gasteiger charge is -2.40. The highest BCUT2D eigenvalue weighted by Crippen LogP contribution is 2.47. The molecule has 0 radical (unpaired) electrons. The molecule has 0 bridgehead atoms. The summed E-state index contributed by atoms with van der Waals surface area (Å²) in [6.45, 7) is -0.901. The predicted molar refractivity (Wildman–Crippen MR) is 140 cm³/mol. The monoisotopic (exact) mass is 585 g/mol. The van der Waals surface area contributed by atoms with E-state index in [1.54, 1.807) is 30.5 Å². The first-order chi connectivity index (χ1) is 19.9. The first kappa shape index (κ1) is 27.8. The summed E-state index contributed by atoms with van der Waals surface area (Å²) in [5.74, 6) is -3.23. The molecule has 1 saturated heterocycles. The number of carbonyl (C=O) groups excluding carboxylic acids is 3. The second-order valence-corrected chi connectivity index (χ2v) is 10.8. The summed E-state index contributed by atoms with van der Waals surface area (Å²) in [5, 5.41) is 8.00. The van der Waals surface area contributed by atoms with Crippen LogP contribution in [0.5, 0.6) is 0 Å². The second kappa shape index (κ2) is 10.2. The number of hydrogen-bond acceptors (Lipinski definition) is 5. The minimum Gasteiger partial charge on any atom is -0.325 e. The number of amides is 3. The molecule has 3 aromatic rings. The molecule has 0 saturated carbocycles. The number of nitrogens with one attached hydrogen (secondary N) is 3. The lowest BCUT2D eigenvalue weighted by atomic mass is 9.79. The number of alkyl halides is 3. The highest BCUT2D eigenvalue weighted by atomic mass is 19.4. The number of hydrogen-bond donors (Lipinski definition) is 3. The van der Waals surface area contributed by atoms with Gasteiger partial charge in [0.1, 0.15) is 24.0 Å². The Bertz CT molecular complexity index is 1590. The van der Waals surface area contributed by atoms with Gasteiger partial charge in [0.2, 0.25) is 17.7 Å². The molecule has 218 valence electrons. The van der Waals surface area contributed by atoms with Crippen LogP contribution in [0, 0.1) is 11.6 Å². The van der Waals surface area contributed by atoms with Gasteiger partial charge in [0.25, 0.3) is 0 Å². The van der Waals surface area contributed by atoms with E-state index in [4.69, 9.17) is 0 Å². The standard InChI is InChI=1S/C29H24F5N5O3/c30-18-6-16(7-19(31)9-18)23-13-36-22(12-29(32,33)34)26(41)39(23)14-24(40)37-20-4-3-15-10-28(11-17(15)8-20)21-2-1-5-35-25(21)38-27(28)42/h1-9,22-23,36H,10-14H2,(H,37,40)(H,35,38,42). The van der Waals surface area contributed by atoms with Crippen molar-refractivity contribution in [3.8, 4) is 0 Å². The van der Waals surface area contributed by atoms with Crippen LogP contribution in [0.3, 0.4) is 0 Å². The van der Waals surface area contributed by atoms with Gasteiger partial charge in [-0.25, -0.2) is 13.8 Å². The fourth-order valence-corrected chi connectivity index (χ4v) is 6.15. The minimum atomic E-state index is -4.66. The molecule has 3 amide bonds. The largest absolute Gasteiger partial charge is 0.391 e. The number of piperazine rings is 1. The van der Waals surface area contributed by atoms with Crippen LogP contribution >= 0.6 is 0 Å². The smallest absolute Gasteiger partial charge is 0.325 e. The molecule has 2 aromatic carbocycles. The Morgan fingerprint density at radius 2 is 1.79 bits per heavy atom. The summed E-state index contributed by atoms with van der Waals surface area (Å²) in [6.07, 6.45) is -3.71. The summed E-state index contributed by atoms with van der Waals surface area (Å²) in [5.41, 5.74) is 2.09. The number of pyridine rings is 1. The van der Waals surface area contributed by atoms with E-state index in [2.05, 4.69) is 20.9 Å². The molecule has 3 heterocycles. The normalized spacial score (nSPS) is 23.1. The number of aromatic nitrogens is 1. The van der Waals surface area contributed by atoms with E-state index in [0.29, 0.717) is 30.4 Å². The predicted octanol–water partition coefficient (Wildman–Crippen LogP) is 3.78. The number of rotatable bonds is 5. The van der Waals surface area contributed by atoms with Gasteiger partial charge in [0.15, 0.2) is 0 Å². The Hall–Kier alpha value is -4.39. The number of carbonyl (C=O) groups is 3. The summed E-state index contributed by atoms with van der Waals surface area (Å²) in [4.78, 5) is 44.4. The zero-order chi connectivity index (χ0) is 29.8. The zero-order valence-corrected chi connectivity index (χ0v) is 21.9. The molecule has 42 heavy (non-hydrogen) atoms. The van der Waals surface area contributed by atoms with E-state index in [-0.39, 0.29) is 18.0 Å². The number of anilines is 2. The number of fused-ring (bicyclic) bond motifs is 3. The SMILES string of the molecule is O=C(CN1C(=O)C(CC(F)(F)F)NCC1c1cc(F)cc(F)c1)Nc1ccc2c(c1)CC1(C2)C(=O)Nc2ncccc21. The minimum absolute atomic E-state index is 0.000881. The van der Waals surface area contributed by atoms with Gasteiger partial charge in [0, 0.05) is 30.1 Å². The molecule has 13 heteroatoms. The van der Waals surface area contributed by atoms with Crippen molar-refractivity contribution in [1.29, 1.82) is 0 Å². The second-order valence-electron chi connectivity index (χ2n) is 10.8.